The fourth-order valence-electron chi connectivity index (χ4n) is 2.62. The third-order valence-electron chi connectivity index (χ3n) is 3.37. The summed E-state index contributed by atoms with van der Waals surface area (Å²) in [4.78, 5) is 4.62. The Labute approximate surface area is 104 Å². The summed E-state index contributed by atoms with van der Waals surface area (Å²) in [6.45, 7) is 10.8. The van der Waals surface area contributed by atoms with E-state index in [-0.39, 0.29) is 6.04 Å². The molecular weight excluding hydrogens is 212 g/mol. The van der Waals surface area contributed by atoms with Crippen molar-refractivity contribution in [2.45, 2.75) is 71.9 Å². The molecule has 0 radical (unpaired) electrons. The van der Waals surface area contributed by atoms with E-state index in [1.54, 1.807) is 0 Å². The molecule has 1 aromatic rings. The lowest BCUT2D eigenvalue weighted by molar-refractivity contribution is 0.385. The maximum atomic E-state index is 6.02. The molecule has 17 heavy (non-hydrogen) atoms. The van der Waals surface area contributed by atoms with Gasteiger partial charge in [-0.1, -0.05) is 6.92 Å². The molecule has 3 heteroatoms. The zero-order valence-corrected chi connectivity index (χ0v) is 11.7. The second kappa shape index (κ2) is 4.71. The molecule has 0 saturated carbocycles. The van der Waals surface area contributed by atoms with Gasteiger partial charge in [-0.3, -0.25) is 4.57 Å². The summed E-state index contributed by atoms with van der Waals surface area (Å²) in [6.07, 6.45) is 3.64. The van der Waals surface area contributed by atoms with Gasteiger partial charge in [-0.2, -0.15) is 0 Å². The molecule has 0 unspecified atom stereocenters. The first-order valence-electron chi connectivity index (χ1n) is 6.78. The van der Waals surface area contributed by atoms with Crippen molar-refractivity contribution in [3.8, 4) is 0 Å². The van der Waals surface area contributed by atoms with Crippen LogP contribution in [0.1, 0.15) is 70.9 Å². The third kappa shape index (κ3) is 2.33. The molecule has 96 valence electrons. The highest BCUT2D eigenvalue weighted by molar-refractivity contribution is 5.17. The average Bonchev–Trinajstić information content (AvgIpc) is 2.56. The Morgan fingerprint density at radius 2 is 2.00 bits per heavy atom. The number of oxazole rings is 1. The van der Waals surface area contributed by atoms with Gasteiger partial charge in [0.2, 0.25) is 0 Å². The Hall–Kier alpha value is -0.990. The molecule has 0 fully saturated rings. The average molecular weight is 236 g/mol. The molecule has 1 aliphatic rings. The fourth-order valence-corrected chi connectivity index (χ4v) is 2.62. The van der Waals surface area contributed by atoms with Crippen molar-refractivity contribution in [2.24, 2.45) is 4.99 Å². The van der Waals surface area contributed by atoms with Gasteiger partial charge in [-0.25, -0.2) is 4.99 Å². The summed E-state index contributed by atoms with van der Waals surface area (Å²) in [5.41, 5.74) is 2.19. The third-order valence-corrected chi connectivity index (χ3v) is 3.37. The summed E-state index contributed by atoms with van der Waals surface area (Å²) in [7, 11) is 0. The van der Waals surface area contributed by atoms with Crippen molar-refractivity contribution in [3.05, 3.63) is 17.1 Å². The van der Waals surface area contributed by atoms with E-state index in [1.807, 2.05) is 0 Å². The van der Waals surface area contributed by atoms with E-state index in [0.29, 0.717) is 12.0 Å². The molecule has 0 saturated heterocycles. The normalized spacial score (nSPS) is 21.4. The highest BCUT2D eigenvalue weighted by atomic mass is 16.4. The summed E-state index contributed by atoms with van der Waals surface area (Å²) < 4.78 is 8.30. The van der Waals surface area contributed by atoms with Gasteiger partial charge >= 0.3 is 0 Å². The molecule has 0 N–H and O–H groups in total. The lowest BCUT2D eigenvalue weighted by Gasteiger charge is -2.19. The molecule has 1 aliphatic carbocycles. The van der Waals surface area contributed by atoms with E-state index in [4.69, 9.17) is 4.42 Å². The van der Waals surface area contributed by atoms with E-state index >= 15 is 0 Å². The molecule has 3 nitrogen and oxygen atoms in total. The number of hydrogen-bond acceptors (Lipinski definition) is 2. The summed E-state index contributed by atoms with van der Waals surface area (Å²) in [5.74, 6) is 1.71. The Morgan fingerprint density at radius 3 is 2.59 bits per heavy atom. The van der Waals surface area contributed by atoms with Crippen LogP contribution >= 0.6 is 0 Å². The number of fused-ring (bicyclic) bond motifs is 1. The van der Waals surface area contributed by atoms with Crippen molar-refractivity contribution < 1.29 is 4.42 Å². The molecule has 0 bridgehead atoms. The van der Waals surface area contributed by atoms with Gasteiger partial charge < -0.3 is 4.42 Å². The Kier molecular flexibility index (Phi) is 3.45. The van der Waals surface area contributed by atoms with Crippen LogP contribution in [-0.4, -0.2) is 10.6 Å². The van der Waals surface area contributed by atoms with Crippen molar-refractivity contribution >= 4 is 0 Å². The van der Waals surface area contributed by atoms with Gasteiger partial charge in [0.15, 0.2) is 0 Å². The molecule has 1 heterocycles. The first kappa shape index (κ1) is 12.5. The first-order chi connectivity index (χ1) is 8.00. The van der Waals surface area contributed by atoms with Crippen molar-refractivity contribution in [3.63, 3.8) is 0 Å². The zero-order valence-electron chi connectivity index (χ0n) is 11.7. The summed E-state index contributed by atoms with van der Waals surface area (Å²) in [5, 5.41) is 0. The topological polar surface area (TPSA) is 30.4 Å². The van der Waals surface area contributed by atoms with E-state index in [9.17, 15) is 0 Å². The highest BCUT2D eigenvalue weighted by Gasteiger charge is 2.25. The lowest BCUT2D eigenvalue weighted by Crippen LogP contribution is -2.22. The van der Waals surface area contributed by atoms with Crippen LogP contribution in [0, 0.1) is 0 Å². The minimum Gasteiger partial charge on any atom is -0.428 e. The molecule has 0 amide bonds. The van der Waals surface area contributed by atoms with Crippen LogP contribution in [0.2, 0.25) is 0 Å². The zero-order chi connectivity index (χ0) is 12.6. The number of rotatable bonds is 2. The monoisotopic (exact) mass is 236 g/mol. The Balaban J connectivity index is 2.61. The van der Waals surface area contributed by atoms with Crippen molar-refractivity contribution in [2.75, 3.05) is 0 Å². The summed E-state index contributed by atoms with van der Waals surface area (Å²) >= 11 is 0. The van der Waals surface area contributed by atoms with Crippen LogP contribution in [0.4, 0.5) is 0 Å². The maximum Gasteiger partial charge on any atom is 0.297 e. The first-order valence-corrected chi connectivity index (χ1v) is 6.78. The standard InChI is InChI=1S/C14H24N2O/c1-9(2)15-14-16(10(3)4)12-8-6-7-11(5)13(12)17-14/h9-11H,6-8H2,1-5H3/t11-/m0/s1. The van der Waals surface area contributed by atoms with Crippen LogP contribution in [0.3, 0.4) is 0 Å². The van der Waals surface area contributed by atoms with Crippen LogP contribution < -0.4 is 5.68 Å². The fraction of sp³-hybridized carbons (Fsp3) is 0.786. The van der Waals surface area contributed by atoms with Crippen LogP contribution in [0.5, 0.6) is 0 Å². The van der Waals surface area contributed by atoms with Crippen LogP contribution in [0.25, 0.3) is 0 Å². The van der Waals surface area contributed by atoms with Gasteiger partial charge in [0.25, 0.3) is 5.68 Å². The smallest absolute Gasteiger partial charge is 0.297 e. The predicted molar refractivity (Wildman–Crippen MR) is 69.1 cm³/mol. The SMILES string of the molecule is CC(C)N=c1oc2c(n1C(C)C)CCC[C@@H]2C. The number of nitrogens with zero attached hydrogens (tertiary/aromatic N) is 2. The minimum absolute atomic E-state index is 0.280. The summed E-state index contributed by atoms with van der Waals surface area (Å²) in [6, 6.07) is 0.702. The van der Waals surface area contributed by atoms with E-state index in [1.165, 1.54) is 24.3 Å². The van der Waals surface area contributed by atoms with Crippen LogP contribution in [-0.2, 0) is 6.42 Å². The quantitative estimate of drug-likeness (QED) is 0.774. The molecule has 1 atom stereocenters. The molecular formula is C14H24N2O. The van der Waals surface area contributed by atoms with Gasteiger partial charge in [0.1, 0.15) is 5.76 Å². The highest BCUT2D eigenvalue weighted by Crippen LogP contribution is 2.31. The van der Waals surface area contributed by atoms with Crippen LogP contribution in [0.15, 0.2) is 9.41 Å². The second-order valence-electron chi connectivity index (χ2n) is 5.68. The lowest BCUT2D eigenvalue weighted by atomic mass is 9.92. The maximum absolute atomic E-state index is 6.02. The number of aromatic nitrogens is 1. The molecule has 1 aromatic heterocycles. The van der Waals surface area contributed by atoms with Gasteiger partial charge in [0, 0.05) is 18.0 Å². The molecule has 0 aliphatic heterocycles. The predicted octanol–water partition coefficient (Wildman–Crippen LogP) is 3.41. The molecule has 2 rings (SSSR count). The van der Waals surface area contributed by atoms with Gasteiger partial charge in [-0.15, -0.1) is 0 Å². The van der Waals surface area contributed by atoms with E-state index < -0.39 is 0 Å². The van der Waals surface area contributed by atoms with Crippen molar-refractivity contribution in [1.82, 2.24) is 4.57 Å². The van der Waals surface area contributed by atoms with Gasteiger partial charge in [0.05, 0.1) is 5.69 Å². The van der Waals surface area contributed by atoms with Gasteiger partial charge in [-0.05, 0) is 47.0 Å². The number of hydrogen-bond donors (Lipinski definition) is 0. The Bertz CT molecular complexity index is 451. The van der Waals surface area contributed by atoms with E-state index in [2.05, 4.69) is 44.2 Å². The molecule has 0 spiro atoms. The largest absolute Gasteiger partial charge is 0.428 e. The van der Waals surface area contributed by atoms with E-state index in [0.717, 1.165) is 12.1 Å². The second-order valence-corrected chi connectivity index (χ2v) is 5.68. The Morgan fingerprint density at radius 1 is 1.29 bits per heavy atom. The molecule has 0 aromatic carbocycles. The van der Waals surface area contributed by atoms with Crippen molar-refractivity contribution in [1.29, 1.82) is 0 Å². The minimum atomic E-state index is 0.280.